The van der Waals surface area contributed by atoms with Crippen LogP contribution in [0.3, 0.4) is 0 Å². The summed E-state index contributed by atoms with van der Waals surface area (Å²) in [6, 6.07) is -0.251. The largest absolute Gasteiger partial charge is 0.354 e. The monoisotopic (exact) mass is 317 g/mol. The molecule has 0 bridgehead atoms. The second-order valence-electron chi connectivity index (χ2n) is 3.85. The quantitative estimate of drug-likeness (QED) is 0.681. The zero-order chi connectivity index (χ0) is 15.3. The minimum atomic E-state index is -3.98. The molecule has 0 unspecified atom stereocenters. The molecule has 1 amide bonds. The van der Waals surface area contributed by atoms with Crippen LogP contribution in [0.4, 0.5) is 0 Å². The van der Waals surface area contributed by atoms with Crippen LogP contribution in [-0.2, 0) is 32.0 Å². The van der Waals surface area contributed by atoms with Crippen LogP contribution >= 0.6 is 15.2 Å². The number of carbonyl (C=O) groups excluding carboxylic acids is 1. The number of hydrogen-bond donors (Lipinski definition) is 1. The standard InChI is InChI=1S/C9H21NO7P2/c1-7(2)10-8(11)9(18(12,14-3)15-4)19(13,16-5)17-6/h7,9H,1-6H3,(H,10,11). The first-order valence-corrected chi connectivity index (χ1v) is 8.65. The van der Waals surface area contributed by atoms with Crippen LogP contribution in [0.1, 0.15) is 13.8 Å². The van der Waals surface area contributed by atoms with Gasteiger partial charge in [-0.05, 0) is 13.8 Å². The van der Waals surface area contributed by atoms with E-state index >= 15 is 0 Å². The van der Waals surface area contributed by atoms with Gasteiger partial charge in [0, 0.05) is 34.5 Å². The molecule has 0 saturated carbocycles. The Morgan fingerprint density at radius 3 is 1.42 bits per heavy atom. The van der Waals surface area contributed by atoms with Crippen LogP contribution in [0.2, 0.25) is 0 Å². The molecule has 0 aromatic rings. The Kier molecular flexibility index (Phi) is 7.43. The SMILES string of the molecule is COP(=O)(OC)C(C(=O)NC(C)C)P(=O)(OC)OC. The van der Waals surface area contributed by atoms with Crippen LogP contribution in [-0.4, -0.2) is 45.8 Å². The summed E-state index contributed by atoms with van der Waals surface area (Å²) in [5, 5.41) is 0.801. The van der Waals surface area contributed by atoms with E-state index in [1.807, 2.05) is 0 Å². The van der Waals surface area contributed by atoms with Gasteiger partial charge in [0.2, 0.25) is 11.3 Å². The molecule has 10 heteroatoms. The van der Waals surface area contributed by atoms with Crippen LogP contribution in [0.25, 0.3) is 0 Å². The second kappa shape index (κ2) is 7.53. The van der Waals surface area contributed by atoms with Gasteiger partial charge < -0.3 is 23.4 Å². The fourth-order valence-corrected chi connectivity index (χ4v) is 5.71. The van der Waals surface area contributed by atoms with Gasteiger partial charge >= 0.3 is 15.2 Å². The fraction of sp³-hybridized carbons (Fsp3) is 0.889. The van der Waals surface area contributed by atoms with E-state index in [4.69, 9.17) is 18.1 Å². The molecule has 0 saturated heterocycles. The summed E-state index contributed by atoms with van der Waals surface area (Å²) in [5.41, 5.74) is 0. The Hall–Kier alpha value is -0.230. The molecule has 0 fully saturated rings. The van der Waals surface area contributed by atoms with Crippen molar-refractivity contribution in [3.8, 4) is 0 Å². The predicted molar refractivity (Wildman–Crippen MR) is 70.3 cm³/mol. The minimum absolute atomic E-state index is 0.251. The molecule has 0 aliphatic rings. The summed E-state index contributed by atoms with van der Waals surface area (Å²) in [4.78, 5) is 12.1. The summed E-state index contributed by atoms with van der Waals surface area (Å²) in [7, 11) is -3.60. The van der Waals surface area contributed by atoms with Crippen molar-refractivity contribution in [1.82, 2.24) is 5.32 Å². The lowest BCUT2D eigenvalue weighted by atomic mass is 10.4. The first kappa shape index (κ1) is 18.8. The fourth-order valence-electron chi connectivity index (χ4n) is 1.37. The first-order valence-electron chi connectivity index (χ1n) is 5.43. The van der Waals surface area contributed by atoms with Crippen molar-refractivity contribution in [2.75, 3.05) is 28.4 Å². The van der Waals surface area contributed by atoms with E-state index < -0.39 is 26.5 Å². The molecule has 0 aliphatic carbocycles. The van der Waals surface area contributed by atoms with Crippen molar-refractivity contribution in [1.29, 1.82) is 0 Å². The van der Waals surface area contributed by atoms with Crippen molar-refractivity contribution >= 4 is 21.1 Å². The molecule has 0 aliphatic heterocycles. The molecule has 0 aromatic heterocycles. The number of hydrogen-bond acceptors (Lipinski definition) is 7. The molecule has 8 nitrogen and oxygen atoms in total. The Morgan fingerprint density at radius 1 is 0.895 bits per heavy atom. The minimum Gasteiger partial charge on any atom is -0.353 e. The van der Waals surface area contributed by atoms with Crippen LogP contribution in [0.5, 0.6) is 0 Å². The zero-order valence-electron chi connectivity index (χ0n) is 11.9. The van der Waals surface area contributed by atoms with Crippen molar-refractivity contribution in [2.24, 2.45) is 0 Å². The average molecular weight is 317 g/mol. The lowest BCUT2D eigenvalue weighted by molar-refractivity contribution is -0.120. The van der Waals surface area contributed by atoms with Crippen molar-refractivity contribution in [3.05, 3.63) is 0 Å². The molecule has 1 N–H and O–H groups in total. The third-order valence-corrected chi connectivity index (χ3v) is 7.68. The van der Waals surface area contributed by atoms with Crippen molar-refractivity contribution in [3.63, 3.8) is 0 Å². The molecule has 0 atom stereocenters. The van der Waals surface area contributed by atoms with Crippen molar-refractivity contribution < 1.29 is 32.0 Å². The number of rotatable bonds is 8. The summed E-state index contributed by atoms with van der Waals surface area (Å²) in [6.45, 7) is 3.40. The topological polar surface area (TPSA) is 100 Å². The molecular weight excluding hydrogens is 296 g/mol. The molecule has 0 radical (unpaired) electrons. The second-order valence-corrected chi connectivity index (χ2v) is 8.91. The van der Waals surface area contributed by atoms with Gasteiger partial charge in [0.1, 0.15) is 0 Å². The van der Waals surface area contributed by atoms with Gasteiger partial charge in [-0.1, -0.05) is 0 Å². The van der Waals surface area contributed by atoms with E-state index in [0.29, 0.717) is 0 Å². The van der Waals surface area contributed by atoms with E-state index in [1.165, 1.54) is 0 Å². The number of amides is 1. The molecule has 114 valence electrons. The highest BCUT2D eigenvalue weighted by atomic mass is 31.2. The summed E-state index contributed by atoms with van der Waals surface area (Å²) in [6.07, 6.45) is 0. The number of carbonyl (C=O) groups is 1. The van der Waals surface area contributed by atoms with Crippen LogP contribution < -0.4 is 5.32 Å². The predicted octanol–water partition coefficient (Wildman–Crippen LogP) is 1.81. The van der Waals surface area contributed by atoms with Gasteiger partial charge in [-0.25, -0.2) is 0 Å². The zero-order valence-corrected chi connectivity index (χ0v) is 13.7. The lowest BCUT2D eigenvalue weighted by Gasteiger charge is -2.28. The summed E-state index contributed by atoms with van der Waals surface area (Å²) in [5.74, 6) is -0.783. The Morgan fingerprint density at radius 2 is 1.21 bits per heavy atom. The Balaban J connectivity index is 5.69. The highest BCUT2D eigenvalue weighted by Crippen LogP contribution is 2.69. The van der Waals surface area contributed by atoms with Crippen LogP contribution in [0.15, 0.2) is 0 Å². The molecular formula is C9H21NO7P2. The Labute approximate surface area is 113 Å². The maximum atomic E-state index is 12.4. The molecule has 0 spiro atoms. The average Bonchev–Trinajstić information content (AvgIpc) is 2.37. The van der Waals surface area contributed by atoms with Gasteiger partial charge in [0.25, 0.3) is 0 Å². The maximum absolute atomic E-state index is 12.4. The number of nitrogens with one attached hydrogen (secondary N) is 1. The third kappa shape index (κ3) is 4.38. The Bertz CT molecular complexity index is 356. The first-order chi connectivity index (χ1) is 8.70. The molecule has 19 heavy (non-hydrogen) atoms. The molecule has 0 rings (SSSR count). The van der Waals surface area contributed by atoms with Crippen molar-refractivity contribution in [2.45, 2.75) is 25.3 Å². The van der Waals surface area contributed by atoms with E-state index in [2.05, 4.69) is 5.32 Å². The van der Waals surface area contributed by atoms with Gasteiger partial charge in [-0.2, -0.15) is 0 Å². The van der Waals surface area contributed by atoms with Gasteiger partial charge in [0.05, 0.1) is 0 Å². The summed E-state index contributed by atoms with van der Waals surface area (Å²) >= 11 is 0. The smallest absolute Gasteiger partial charge is 0.353 e. The van der Waals surface area contributed by atoms with E-state index in [1.54, 1.807) is 13.8 Å². The maximum Gasteiger partial charge on any atom is 0.354 e. The van der Waals surface area contributed by atoms with Gasteiger partial charge in [0.15, 0.2) is 0 Å². The van der Waals surface area contributed by atoms with E-state index in [0.717, 1.165) is 28.4 Å². The molecule has 0 heterocycles. The van der Waals surface area contributed by atoms with E-state index in [-0.39, 0.29) is 6.04 Å². The normalized spacial score (nSPS) is 13.1. The summed E-state index contributed by atoms with van der Waals surface area (Å²) < 4.78 is 43.8. The highest BCUT2D eigenvalue weighted by molar-refractivity contribution is 7.74. The van der Waals surface area contributed by atoms with Gasteiger partial charge in [-0.15, -0.1) is 0 Å². The van der Waals surface area contributed by atoms with Gasteiger partial charge in [-0.3, -0.25) is 13.9 Å². The van der Waals surface area contributed by atoms with Crippen LogP contribution in [0, 0.1) is 0 Å². The van der Waals surface area contributed by atoms with E-state index in [9.17, 15) is 13.9 Å². The molecule has 0 aromatic carbocycles. The lowest BCUT2D eigenvalue weighted by Crippen LogP contribution is -2.39. The third-order valence-electron chi connectivity index (χ3n) is 2.28. The highest BCUT2D eigenvalue weighted by Gasteiger charge is 2.54.